The van der Waals surface area contributed by atoms with E-state index < -0.39 is 0 Å². The topological polar surface area (TPSA) is 57.2 Å². The molecule has 0 bridgehead atoms. The van der Waals surface area contributed by atoms with Crippen molar-refractivity contribution in [2.45, 2.75) is 58.2 Å². The van der Waals surface area contributed by atoms with E-state index in [1.54, 1.807) is 0 Å². The minimum atomic E-state index is -0.0911. The number of esters is 1. The number of guanidine groups is 1. The van der Waals surface area contributed by atoms with Gasteiger partial charge in [-0.2, -0.15) is 0 Å². The number of halogens is 1. The Balaban J connectivity index is 0.00000320. The van der Waals surface area contributed by atoms with Crippen molar-refractivity contribution in [2.24, 2.45) is 10.9 Å². The van der Waals surface area contributed by atoms with Crippen LogP contribution in [0.5, 0.6) is 0 Å². The van der Waals surface area contributed by atoms with Gasteiger partial charge in [0, 0.05) is 39.3 Å². The van der Waals surface area contributed by atoms with Crippen molar-refractivity contribution in [2.75, 3.05) is 33.8 Å². The van der Waals surface area contributed by atoms with Crippen LogP contribution in [-0.4, -0.2) is 61.6 Å². The number of ether oxygens (including phenoxy) is 1. The number of hydrogen-bond donors (Lipinski definition) is 1. The van der Waals surface area contributed by atoms with E-state index in [9.17, 15) is 4.79 Å². The predicted molar refractivity (Wildman–Crippen MR) is 132 cm³/mol. The Bertz CT molecular complexity index is 687. The summed E-state index contributed by atoms with van der Waals surface area (Å²) in [5.41, 5.74) is 2.64. The van der Waals surface area contributed by atoms with Gasteiger partial charge in [0.05, 0.1) is 13.0 Å². The van der Waals surface area contributed by atoms with Crippen molar-refractivity contribution in [3.63, 3.8) is 0 Å². The van der Waals surface area contributed by atoms with Gasteiger partial charge in [-0.05, 0) is 50.3 Å². The zero-order chi connectivity index (χ0) is 20.6. The van der Waals surface area contributed by atoms with Crippen molar-refractivity contribution < 1.29 is 9.53 Å². The number of carbonyl (C=O) groups is 1. The first-order valence-corrected chi connectivity index (χ1v) is 11.0. The summed E-state index contributed by atoms with van der Waals surface area (Å²) in [5, 5.41) is 3.47. The molecule has 0 saturated carbocycles. The fourth-order valence-electron chi connectivity index (χ4n) is 4.40. The van der Waals surface area contributed by atoms with E-state index in [2.05, 4.69) is 51.3 Å². The van der Waals surface area contributed by atoms with Crippen molar-refractivity contribution in [3.05, 3.63) is 35.4 Å². The first kappa shape index (κ1) is 24.9. The van der Waals surface area contributed by atoms with E-state index in [0.717, 1.165) is 45.0 Å². The molecule has 0 aromatic heterocycles. The molecule has 2 saturated heterocycles. The molecular formula is C23H37IN4O2. The molecule has 2 aliphatic heterocycles. The van der Waals surface area contributed by atoms with E-state index in [0.29, 0.717) is 6.04 Å². The predicted octanol–water partition coefficient (Wildman–Crippen LogP) is 3.64. The second-order valence-corrected chi connectivity index (χ2v) is 8.32. The third kappa shape index (κ3) is 6.83. The van der Waals surface area contributed by atoms with Crippen molar-refractivity contribution in [3.8, 4) is 0 Å². The monoisotopic (exact) mass is 528 g/mol. The van der Waals surface area contributed by atoms with Gasteiger partial charge in [0.2, 0.25) is 0 Å². The summed E-state index contributed by atoms with van der Waals surface area (Å²) in [4.78, 5) is 21.0. The van der Waals surface area contributed by atoms with Crippen LogP contribution >= 0.6 is 24.0 Å². The number of carbonyl (C=O) groups excluding carboxylic acids is 1. The number of nitrogens with zero attached hydrogens (tertiary/aromatic N) is 3. The molecule has 0 aliphatic carbocycles. The molecule has 168 valence electrons. The molecule has 0 spiro atoms. The summed E-state index contributed by atoms with van der Waals surface area (Å²) in [5.74, 6) is 0.829. The van der Waals surface area contributed by atoms with Crippen LogP contribution in [0, 0.1) is 5.92 Å². The van der Waals surface area contributed by atoms with E-state index >= 15 is 0 Å². The quantitative estimate of drug-likeness (QED) is 0.274. The van der Waals surface area contributed by atoms with Crippen LogP contribution in [0.25, 0.3) is 0 Å². The van der Waals surface area contributed by atoms with Gasteiger partial charge in [-0.3, -0.25) is 14.7 Å². The van der Waals surface area contributed by atoms with Gasteiger partial charge in [0.25, 0.3) is 0 Å². The first-order chi connectivity index (χ1) is 14.1. The van der Waals surface area contributed by atoms with Crippen LogP contribution in [-0.2, 0) is 22.6 Å². The normalized spacial score (nSPS) is 21.1. The summed E-state index contributed by atoms with van der Waals surface area (Å²) in [6.07, 6.45) is 5.64. The molecule has 1 aromatic carbocycles. The van der Waals surface area contributed by atoms with Crippen LogP contribution in [0.2, 0.25) is 0 Å². The number of methoxy groups -OCH3 is 1. The van der Waals surface area contributed by atoms with Gasteiger partial charge in [0.15, 0.2) is 5.96 Å². The van der Waals surface area contributed by atoms with E-state index in [1.165, 1.54) is 44.0 Å². The number of nitrogens with one attached hydrogen (secondary N) is 1. The highest BCUT2D eigenvalue weighted by molar-refractivity contribution is 14.0. The largest absolute Gasteiger partial charge is 0.469 e. The molecule has 1 aromatic rings. The van der Waals surface area contributed by atoms with Gasteiger partial charge < -0.3 is 15.0 Å². The SMILES string of the molecule is CN=C(NCc1ccc(CN2CCCCC2C)cc1)N1CCC(C(=O)OC)CC1.I. The van der Waals surface area contributed by atoms with Crippen LogP contribution in [0.1, 0.15) is 50.2 Å². The smallest absolute Gasteiger partial charge is 0.308 e. The molecule has 7 heteroatoms. The molecule has 1 unspecified atom stereocenters. The Morgan fingerprint density at radius 3 is 2.37 bits per heavy atom. The Labute approximate surface area is 198 Å². The maximum Gasteiger partial charge on any atom is 0.308 e. The van der Waals surface area contributed by atoms with E-state index in [1.807, 2.05) is 7.05 Å². The van der Waals surface area contributed by atoms with Crippen molar-refractivity contribution in [1.82, 2.24) is 15.1 Å². The van der Waals surface area contributed by atoms with Gasteiger partial charge in [-0.15, -0.1) is 24.0 Å². The molecule has 30 heavy (non-hydrogen) atoms. The third-order valence-corrected chi connectivity index (χ3v) is 6.34. The number of likely N-dealkylation sites (tertiary alicyclic amines) is 2. The highest BCUT2D eigenvalue weighted by atomic mass is 127. The number of benzene rings is 1. The zero-order valence-electron chi connectivity index (χ0n) is 18.6. The molecular weight excluding hydrogens is 491 g/mol. The summed E-state index contributed by atoms with van der Waals surface area (Å²) < 4.78 is 4.87. The lowest BCUT2D eigenvalue weighted by Gasteiger charge is -2.33. The Hall–Kier alpha value is -1.35. The minimum Gasteiger partial charge on any atom is -0.469 e. The molecule has 2 aliphatic rings. The zero-order valence-corrected chi connectivity index (χ0v) is 20.9. The Morgan fingerprint density at radius 1 is 1.10 bits per heavy atom. The molecule has 0 radical (unpaired) electrons. The molecule has 0 amide bonds. The summed E-state index contributed by atoms with van der Waals surface area (Å²) >= 11 is 0. The fourth-order valence-corrected chi connectivity index (χ4v) is 4.40. The first-order valence-electron chi connectivity index (χ1n) is 11.0. The maximum absolute atomic E-state index is 11.7. The highest BCUT2D eigenvalue weighted by Gasteiger charge is 2.26. The molecule has 6 nitrogen and oxygen atoms in total. The summed E-state index contributed by atoms with van der Waals surface area (Å²) in [6, 6.07) is 9.63. The highest BCUT2D eigenvalue weighted by Crippen LogP contribution is 2.20. The molecule has 2 heterocycles. The molecule has 1 N–H and O–H groups in total. The molecule has 1 atom stereocenters. The van der Waals surface area contributed by atoms with Gasteiger partial charge in [-0.1, -0.05) is 30.7 Å². The Morgan fingerprint density at radius 2 is 1.77 bits per heavy atom. The Kier molecular flexibility index (Phi) is 10.4. The molecule has 3 rings (SSSR count). The van der Waals surface area contributed by atoms with Gasteiger partial charge in [0.1, 0.15) is 0 Å². The lowest BCUT2D eigenvalue weighted by molar-refractivity contribution is -0.146. The molecule has 2 fully saturated rings. The lowest BCUT2D eigenvalue weighted by atomic mass is 9.97. The number of hydrogen-bond acceptors (Lipinski definition) is 4. The second-order valence-electron chi connectivity index (χ2n) is 8.32. The third-order valence-electron chi connectivity index (χ3n) is 6.34. The summed E-state index contributed by atoms with van der Waals surface area (Å²) in [6.45, 7) is 7.01. The van der Waals surface area contributed by atoms with Crippen molar-refractivity contribution in [1.29, 1.82) is 0 Å². The average Bonchev–Trinajstić information content (AvgIpc) is 2.76. The van der Waals surface area contributed by atoms with Gasteiger partial charge >= 0.3 is 5.97 Å². The van der Waals surface area contributed by atoms with Crippen LogP contribution in [0.15, 0.2) is 29.3 Å². The van der Waals surface area contributed by atoms with Gasteiger partial charge in [-0.25, -0.2) is 0 Å². The maximum atomic E-state index is 11.7. The van der Waals surface area contributed by atoms with Crippen LogP contribution < -0.4 is 5.32 Å². The van der Waals surface area contributed by atoms with Crippen LogP contribution in [0.3, 0.4) is 0 Å². The van der Waals surface area contributed by atoms with Crippen molar-refractivity contribution >= 4 is 35.9 Å². The standard InChI is InChI=1S/C23H36N4O2.HI/c1-18-6-4-5-13-27(18)17-20-9-7-19(8-10-20)16-25-23(24-2)26-14-11-21(12-15-26)22(28)29-3;/h7-10,18,21H,4-6,11-17H2,1-3H3,(H,24,25);1H. The number of piperidine rings is 2. The lowest BCUT2D eigenvalue weighted by Crippen LogP contribution is -2.46. The summed E-state index contributed by atoms with van der Waals surface area (Å²) in [7, 11) is 3.28. The van der Waals surface area contributed by atoms with Crippen LogP contribution in [0.4, 0.5) is 0 Å². The van der Waals surface area contributed by atoms with E-state index in [-0.39, 0.29) is 35.9 Å². The number of aliphatic imine (C=N–C) groups is 1. The fraction of sp³-hybridized carbons (Fsp3) is 0.652. The number of rotatable bonds is 5. The second kappa shape index (κ2) is 12.5. The average molecular weight is 528 g/mol. The minimum absolute atomic E-state index is 0. The van der Waals surface area contributed by atoms with E-state index in [4.69, 9.17) is 4.74 Å².